The van der Waals surface area contributed by atoms with E-state index in [1.807, 2.05) is 4.90 Å². The third kappa shape index (κ3) is 4.71. The van der Waals surface area contributed by atoms with Crippen LogP contribution in [0.15, 0.2) is 47.4 Å². The summed E-state index contributed by atoms with van der Waals surface area (Å²) in [4.78, 5) is 14.9. The molecule has 0 bridgehead atoms. The van der Waals surface area contributed by atoms with Crippen molar-refractivity contribution >= 4 is 27.3 Å². The topological polar surface area (TPSA) is 54.5 Å². The van der Waals surface area contributed by atoms with Gasteiger partial charge in [0, 0.05) is 24.4 Å². The first-order valence-electron chi connectivity index (χ1n) is 9.06. The van der Waals surface area contributed by atoms with Crippen LogP contribution in [0, 0.1) is 0 Å². The summed E-state index contributed by atoms with van der Waals surface area (Å²) in [6.45, 7) is 4.81. The predicted octanol–water partition coefficient (Wildman–Crippen LogP) is 4.67. The summed E-state index contributed by atoms with van der Waals surface area (Å²) in [6, 6.07) is 13.0. The van der Waals surface area contributed by atoms with Gasteiger partial charge in [-0.1, -0.05) is 49.7 Å². The molecule has 0 aromatic heterocycles. The fraction of sp³-hybridized carbons (Fsp3) is 0.381. The monoisotopic (exact) mass is 405 g/mol. The Balaban J connectivity index is 1.86. The van der Waals surface area contributed by atoms with Crippen molar-refractivity contribution < 1.29 is 13.2 Å². The van der Waals surface area contributed by atoms with Crippen molar-refractivity contribution in [2.75, 3.05) is 6.26 Å². The lowest BCUT2D eigenvalue weighted by atomic mass is 10.0. The van der Waals surface area contributed by atoms with E-state index in [4.69, 9.17) is 11.6 Å². The molecule has 0 spiro atoms. The van der Waals surface area contributed by atoms with Crippen LogP contribution in [-0.2, 0) is 16.4 Å². The van der Waals surface area contributed by atoms with Crippen molar-refractivity contribution in [1.29, 1.82) is 0 Å². The smallest absolute Gasteiger partial charge is 0.254 e. The Morgan fingerprint density at radius 2 is 1.78 bits per heavy atom. The maximum absolute atomic E-state index is 13.1. The van der Waals surface area contributed by atoms with E-state index in [0.29, 0.717) is 18.0 Å². The summed E-state index contributed by atoms with van der Waals surface area (Å²) in [7, 11) is -3.49. The molecule has 0 heterocycles. The molecule has 1 saturated carbocycles. The van der Waals surface area contributed by atoms with Gasteiger partial charge in [-0.2, -0.15) is 0 Å². The Kier molecular flexibility index (Phi) is 5.63. The lowest BCUT2D eigenvalue weighted by molar-refractivity contribution is 0.0729. The van der Waals surface area contributed by atoms with E-state index in [0.717, 1.165) is 24.7 Å². The highest BCUT2D eigenvalue weighted by molar-refractivity contribution is 7.90. The third-order valence-corrected chi connectivity index (χ3v) is 6.40. The van der Waals surface area contributed by atoms with Crippen molar-refractivity contribution in [3.05, 3.63) is 64.2 Å². The minimum Gasteiger partial charge on any atom is -0.331 e. The fourth-order valence-electron chi connectivity index (χ4n) is 3.04. The number of benzene rings is 2. The van der Waals surface area contributed by atoms with Gasteiger partial charge in [-0.05, 0) is 48.1 Å². The Labute approximate surface area is 166 Å². The molecular weight excluding hydrogens is 382 g/mol. The lowest BCUT2D eigenvalue weighted by Gasteiger charge is -2.23. The molecule has 0 aliphatic heterocycles. The number of amides is 1. The number of hydrogen-bond acceptors (Lipinski definition) is 3. The zero-order valence-corrected chi connectivity index (χ0v) is 17.3. The number of halogens is 1. The fourth-order valence-corrected chi connectivity index (χ4v) is 4.35. The van der Waals surface area contributed by atoms with Crippen molar-refractivity contribution in [3.63, 3.8) is 0 Å². The van der Waals surface area contributed by atoms with Crippen molar-refractivity contribution in [1.82, 2.24) is 4.90 Å². The molecule has 1 amide bonds. The molecule has 2 aromatic rings. The van der Waals surface area contributed by atoms with Crippen LogP contribution in [0.2, 0.25) is 5.02 Å². The molecule has 0 radical (unpaired) electrons. The van der Waals surface area contributed by atoms with E-state index in [1.54, 1.807) is 6.07 Å². The number of nitrogens with zero attached hydrogens (tertiary/aromatic N) is 1. The van der Waals surface area contributed by atoms with Gasteiger partial charge in [0.2, 0.25) is 0 Å². The highest BCUT2D eigenvalue weighted by Crippen LogP contribution is 2.31. The third-order valence-electron chi connectivity index (χ3n) is 4.83. The molecule has 0 atom stereocenters. The lowest BCUT2D eigenvalue weighted by Crippen LogP contribution is -2.32. The molecule has 0 unspecified atom stereocenters. The Morgan fingerprint density at radius 1 is 1.15 bits per heavy atom. The van der Waals surface area contributed by atoms with E-state index in [2.05, 4.69) is 38.1 Å². The van der Waals surface area contributed by atoms with Gasteiger partial charge in [0.1, 0.15) is 0 Å². The molecule has 1 aliphatic rings. The van der Waals surface area contributed by atoms with Crippen molar-refractivity contribution in [3.8, 4) is 0 Å². The molecule has 1 fully saturated rings. The summed E-state index contributed by atoms with van der Waals surface area (Å²) < 4.78 is 23.8. The zero-order valence-electron chi connectivity index (χ0n) is 15.8. The first-order chi connectivity index (χ1) is 12.7. The average Bonchev–Trinajstić information content (AvgIpc) is 3.44. The maximum atomic E-state index is 13.1. The quantitative estimate of drug-likeness (QED) is 0.701. The van der Waals surface area contributed by atoms with E-state index in [1.165, 1.54) is 17.7 Å². The number of carbonyl (C=O) groups is 1. The van der Waals surface area contributed by atoms with Gasteiger partial charge in [-0.15, -0.1) is 0 Å². The molecule has 144 valence electrons. The van der Waals surface area contributed by atoms with Gasteiger partial charge in [0.15, 0.2) is 9.84 Å². The normalized spacial score (nSPS) is 14.4. The van der Waals surface area contributed by atoms with Gasteiger partial charge in [-0.25, -0.2) is 8.42 Å². The van der Waals surface area contributed by atoms with E-state index < -0.39 is 9.84 Å². The minimum atomic E-state index is -3.49. The van der Waals surface area contributed by atoms with Gasteiger partial charge in [0.05, 0.1) is 9.92 Å². The maximum Gasteiger partial charge on any atom is 0.254 e. The van der Waals surface area contributed by atoms with Crippen molar-refractivity contribution in [2.24, 2.45) is 0 Å². The van der Waals surface area contributed by atoms with Gasteiger partial charge in [-0.3, -0.25) is 4.79 Å². The molecule has 0 saturated heterocycles. The van der Waals surface area contributed by atoms with Gasteiger partial charge >= 0.3 is 0 Å². The van der Waals surface area contributed by atoms with Gasteiger partial charge in [0.25, 0.3) is 5.91 Å². The standard InChI is InChI=1S/C21H24ClNO3S/c1-14(2)16-6-4-15(5-7-16)13-23(18-9-10-18)21(24)17-8-11-19(22)20(12-17)27(3,25)26/h4-8,11-12,14,18H,9-10,13H2,1-3H3. The van der Waals surface area contributed by atoms with Crippen LogP contribution in [0.25, 0.3) is 0 Å². The molecule has 6 heteroatoms. The Morgan fingerprint density at radius 3 is 2.30 bits per heavy atom. The van der Waals surface area contributed by atoms with Crippen LogP contribution in [0.4, 0.5) is 0 Å². The van der Waals surface area contributed by atoms with E-state index >= 15 is 0 Å². The largest absolute Gasteiger partial charge is 0.331 e. The van der Waals surface area contributed by atoms with Crippen LogP contribution >= 0.6 is 11.6 Å². The highest BCUT2D eigenvalue weighted by atomic mass is 35.5. The molecule has 0 N–H and O–H groups in total. The molecular formula is C21H24ClNO3S. The summed E-state index contributed by atoms with van der Waals surface area (Å²) >= 11 is 6.01. The van der Waals surface area contributed by atoms with E-state index in [9.17, 15) is 13.2 Å². The SMILES string of the molecule is CC(C)c1ccc(CN(C(=O)c2ccc(Cl)c(S(C)(=O)=O)c2)C2CC2)cc1. The Hall–Kier alpha value is -1.85. The van der Waals surface area contributed by atoms with Gasteiger partial charge < -0.3 is 4.90 Å². The first kappa shape index (κ1) is 19.9. The second kappa shape index (κ2) is 7.64. The second-order valence-electron chi connectivity index (χ2n) is 7.48. The number of carbonyl (C=O) groups excluding carboxylic acids is 1. The highest BCUT2D eigenvalue weighted by Gasteiger charge is 2.33. The van der Waals surface area contributed by atoms with Crippen LogP contribution in [-0.4, -0.2) is 31.5 Å². The molecule has 2 aromatic carbocycles. The predicted molar refractivity (Wildman–Crippen MR) is 108 cm³/mol. The van der Waals surface area contributed by atoms with E-state index in [-0.39, 0.29) is 21.9 Å². The second-order valence-corrected chi connectivity index (χ2v) is 9.87. The summed E-state index contributed by atoms with van der Waals surface area (Å²) in [5, 5.41) is 0.135. The molecule has 3 rings (SSSR count). The summed E-state index contributed by atoms with van der Waals surface area (Å²) in [6.07, 6.45) is 3.04. The first-order valence-corrected chi connectivity index (χ1v) is 11.3. The zero-order chi connectivity index (χ0) is 19.8. The number of rotatable bonds is 6. The number of hydrogen-bond donors (Lipinski definition) is 0. The van der Waals surface area contributed by atoms with Crippen LogP contribution in [0.1, 0.15) is 54.1 Å². The van der Waals surface area contributed by atoms with Crippen molar-refractivity contribution in [2.45, 2.75) is 50.1 Å². The molecule has 4 nitrogen and oxygen atoms in total. The van der Waals surface area contributed by atoms with Crippen LogP contribution < -0.4 is 0 Å². The average molecular weight is 406 g/mol. The minimum absolute atomic E-state index is 0.00736. The summed E-state index contributed by atoms with van der Waals surface area (Å²) in [5.74, 6) is 0.302. The number of sulfone groups is 1. The Bertz CT molecular complexity index is 948. The van der Waals surface area contributed by atoms with Crippen LogP contribution in [0.5, 0.6) is 0 Å². The van der Waals surface area contributed by atoms with Crippen LogP contribution in [0.3, 0.4) is 0 Å². The summed E-state index contributed by atoms with van der Waals surface area (Å²) in [5.41, 5.74) is 2.68. The molecule has 27 heavy (non-hydrogen) atoms. The molecule has 1 aliphatic carbocycles.